The molecule has 0 spiro atoms. The van der Waals surface area contributed by atoms with E-state index in [4.69, 9.17) is 0 Å². The second-order valence-electron chi connectivity index (χ2n) is 5.28. The number of carbonyl (C=O) groups excluding carboxylic acids is 1. The molecule has 5 nitrogen and oxygen atoms in total. The lowest BCUT2D eigenvalue weighted by molar-refractivity contribution is -0.141. The molecule has 132 valence electrons. The SMILES string of the molecule is CCSc1nc2scc(C(F)(F)F)n2c(=O)c1C(=O)N(C)C(C)C. The molecule has 0 aliphatic carbocycles. The van der Waals surface area contributed by atoms with Gasteiger partial charge in [0.1, 0.15) is 16.3 Å². The number of hydrogen-bond donors (Lipinski definition) is 0. The molecule has 2 heterocycles. The molecule has 0 aliphatic heterocycles. The van der Waals surface area contributed by atoms with Gasteiger partial charge in [-0.1, -0.05) is 6.92 Å². The highest BCUT2D eigenvalue weighted by Gasteiger charge is 2.36. The number of amides is 1. The number of rotatable bonds is 4. The van der Waals surface area contributed by atoms with E-state index in [9.17, 15) is 22.8 Å². The van der Waals surface area contributed by atoms with E-state index in [1.54, 1.807) is 13.8 Å². The standard InChI is InChI=1S/C14H16F3N3O2S2/c1-5-23-10-9(11(21)19(4)7(2)3)12(22)20-8(14(15,16)17)6-24-13(20)18-10/h6-7H,5H2,1-4H3. The van der Waals surface area contributed by atoms with Crippen LogP contribution in [-0.2, 0) is 6.18 Å². The lowest BCUT2D eigenvalue weighted by Crippen LogP contribution is -2.38. The minimum Gasteiger partial charge on any atom is -0.339 e. The minimum atomic E-state index is -4.70. The van der Waals surface area contributed by atoms with Crippen LogP contribution in [0.3, 0.4) is 0 Å². The number of carbonyl (C=O) groups is 1. The molecule has 0 radical (unpaired) electrons. The van der Waals surface area contributed by atoms with Gasteiger partial charge in [0, 0.05) is 18.5 Å². The summed E-state index contributed by atoms with van der Waals surface area (Å²) in [5.74, 6) is -0.0987. The van der Waals surface area contributed by atoms with E-state index in [2.05, 4.69) is 4.98 Å². The normalized spacial score (nSPS) is 12.2. The van der Waals surface area contributed by atoms with E-state index in [1.807, 2.05) is 6.92 Å². The molecule has 10 heteroatoms. The van der Waals surface area contributed by atoms with Gasteiger partial charge in [0.05, 0.1) is 0 Å². The van der Waals surface area contributed by atoms with E-state index < -0.39 is 23.3 Å². The lowest BCUT2D eigenvalue weighted by atomic mass is 10.2. The largest absolute Gasteiger partial charge is 0.432 e. The van der Waals surface area contributed by atoms with Crippen LogP contribution in [0.5, 0.6) is 0 Å². The second-order valence-corrected chi connectivity index (χ2v) is 7.37. The smallest absolute Gasteiger partial charge is 0.339 e. The average Bonchev–Trinajstić information content (AvgIpc) is 2.90. The van der Waals surface area contributed by atoms with Crippen molar-refractivity contribution in [3.63, 3.8) is 0 Å². The predicted octanol–water partition coefficient (Wildman–Crippen LogP) is 3.37. The Morgan fingerprint density at radius 2 is 2.08 bits per heavy atom. The summed E-state index contributed by atoms with van der Waals surface area (Å²) in [5, 5.41) is 1.00. The fourth-order valence-electron chi connectivity index (χ4n) is 1.96. The first-order chi connectivity index (χ1) is 11.1. The Morgan fingerprint density at radius 3 is 2.58 bits per heavy atom. The Hall–Kier alpha value is -1.55. The molecule has 0 aromatic carbocycles. The van der Waals surface area contributed by atoms with Crippen LogP contribution < -0.4 is 5.56 Å². The molecule has 24 heavy (non-hydrogen) atoms. The number of alkyl halides is 3. The highest BCUT2D eigenvalue weighted by Crippen LogP contribution is 2.32. The highest BCUT2D eigenvalue weighted by molar-refractivity contribution is 7.99. The summed E-state index contributed by atoms with van der Waals surface area (Å²) in [6.07, 6.45) is -4.70. The van der Waals surface area contributed by atoms with Gasteiger partial charge in [-0.15, -0.1) is 23.1 Å². The predicted molar refractivity (Wildman–Crippen MR) is 88.0 cm³/mol. The maximum atomic E-state index is 13.1. The first kappa shape index (κ1) is 18.8. The maximum absolute atomic E-state index is 13.1. The molecule has 0 fully saturated rings. The van der Waals surface area contributed by atoms with Crippen LogP contribution in [0.25, 0.3) is 4.96 Å². The Kier molecular flexibility index (Phi) is 5.28. The van der Waals surface area contributed by atoms with Crippen molar-refractivity contribution in [3.8, 4) is 0 Å². The fraction of sp³-hybridized carbons (Fsp3) is 0.500. The Labute approximate surface area is 144 Å². The van der Waals surface area contributed by atoms with E-state index in [0.29, 0.717) is 10.2 Å². The van der Waals surface area contributed by atoms with Crippen molar-refractivity contribution in [2.24, 2.45) is 0 Å². The Balaban J connectivity index is 2.80. The molecule has 2 aromatic heterocycles. The van der Waals surface area contributed by atoms with Crippen LogP contribution in [0, 0.1) is 0 Å². The Bertz CT molecular complexity index is 827. The van der Waals surface area contributed by atoms with E-state index >= 15 is 0 Å². The van der Waals surface area contributed by atoms with Gasteiger partial charge in [-0.25, -0.2) is 9.38 Å². The van der Waals surface area contributed by atoms with Crippen LogP contribution in [-0.4, -0.2) is 39.0 Å². The summed E-state index contributed by atoms with van der Waals surface area (Å²) in [5.41, 5.74) is -2.42. The zero-order chi connectivity index (χ0) is 18.2. The molecule has 0 saturated heterocycles. The molecule has 2 aromatic rings. The quantitative estimate of drug-likeness (QED) is 0.604. The van der Waals surface area contributed by atoms with Crippen molar-refractivity contribution in [1.29, 1.82) is 0 Å². The van der Waals surface area contributed by atoms with Gasteiger partial charge in [-0.2, -0.15) is 13.2 Å². The second kappa shape index (κ2) is 6.75. The number of thioether (sulfide) groups is 1. The third-order valence-corrected chi connectivity index (χ3v) is 5.10. The zero-order valence-electron chi connectivity index (χ0n) is 13.5. The summed E-state index contributed by atoms with van der Waals surface area (Å²) in [6.45, 7) is 5.31. The summed E-state index contributed by atoms with van der Waals surface area (Å²) < 4.78 is 39.8. The molecule has 2 rings (SSSR count). The summed E-state index contributed by atoms with van der Waals surface area (Å²) in [4.78, 5) is 30.7. The van der Waals surface area contributed by atoms with Gasteiger partial charge in [0.15, 0.2) is 4.96 Å². The number of thiazole rings is 1. The number of hydrogen-bond acceptors (Lipinski definition) is 5. The van der Waals surface area contributed by atoms with Crippen LogP contribution in [0.1, 0.15) is 36.8 Å². The van der Waals surface area contributed by atoms with Gasteiger partial charge in [-0.05, 0) is 19.6 Å². The molecule has 0 saturated carbocycles. The third-order valence-electron chi connectivity index (χ3n) is 3.42. The number of fused-ring (bicyclic) bond motifs is 1. The third kappa shape index (κ3) is 3.30. The van der Waals surface area contributed by atoms with Crippen molar-refractivity contribution in [3.05, 3.63) is 27.0 Å². The first-order valence-electron chi connectivity index (χ1n) is 7.11. The van der Waals surface area contributed by atoms with E-state index in [1.165, 1.54) is 11.9 Å². The molecule has 0 atom stereocenters. The molecule has 0 unspecified atom stereocenters. The molecule has 0 aliphatic rings. The monoisotopic (exact) mass is 379 g/mol. The van der Waals surface area contributed by atoms with Crippen molar-refractivity contribution < 1.29 is 18.0 Å². The molecular weight excluding hydrogens is 363 g/mol. The van der Waals surface area contributed by atoms with Crippen molar-refractivity contribution >= 4 is 34.0 Å². The summed E-state index contributed by atoms with van der Waals surface area (Å²) >= 11 is 1.88. The van der Waals surface area contributed by atoms with Gasteiger partial charge in [0.2, 0.25) is 0 Å². The number of aromatic nitrogens is 2. The topological polar surface area (TPSA) is 54.7 Å². The molecular formula is C14H16F3N3O2S2. The summed E-state index contributed by atoms with van der Waals surface area (Å²) in [6, 6.07) is -0.207. The lowest BCUT2D eigenvalue weighted by Gasteiger charge is -2.22. The van der Waals surface area contributed by atoms with Crippen LogP contribution in [0.4, 0.5) is 13.2 Å². The highest BCUT2D eigenvalue weighted by atomic mass is 32.2. The summed E-state index contributed by atoms with van der Waals surface area (Å²) in [7, 11) is 1.50. The fourth-order valence-corrected chi connectivity index (χ4v) is 3.65. The molecule has 0 N–H and O–H groups in total. The first-order valence-corrected chi connectivity index (χ1v) is 8.97. The van der Waals surface area contributed by atoms with Gasteiger partial charge < -0.3 is 4.90 Å². The van der Waals surface area contributed by atoms with Gasteiger partial charge >= 0.3 is 6.18 Å². The molecule has 0 bridgehead atoms. The van der Waals surface area contributed by atoms with Gasteiger partial charge in [0.25, 0.3) is 11.5 Å². The molecule has 1 amide bonds. The van der Waals surface area contributed by atoms with Crippen LogP contribution in [0.15, 0.2) is 15.2 Å². The number of halogens is 3. The van der Waals surface area contributed by atoms with Gasteiger partial charge in [-0.3, -0.25) is 9.59 Å². The average molecular weight is 379 g/mol. The zero-order valence-corrected chi connectivity index (χ0v) is 15.1. The van der Waals surface area contributed by atoms with Crippen molar-refractivity contribution in [2.75, 3.05) is 12.8 Å². The van der Waals surface area contributed by atoms with Crippen LogP contribution >= 0.6 is 23.1 Å². The number of nitrogens with zero attached hydrogens (tertiary/aromatic N) is 3. The van der Waals surface area contributed by atoms with E-state index in [0.717, 1.165) is 28.5 Å². The Morgan fingerprint density at radius 1 is 1.46 bits per heavy atom. The van der Waals surface area contributed by atoms with Crippen molar-refractivity contribution in [1.82, 2.24) is 14.3 Å². The van der Waals surface area contributed by atoms with E-state index in [-0.39, 0.29) is 21.6 Å². The minimum absolute atomic E-state index is 0.0768. The maximum Gasteiger partial charge on any atom is 0.432 e. The van der Waals surface area contributed by atoms with Crippen LogP contribution in [0.2, 0.25) is 0 Å². The van der Waals surface area contributed by atoms with Crippen molar-refractivity contribution in [2.45, 2.75) is 38.0 Å².